The Morgan fingerprint density at radius 2 is 2.00 bits per heavy atom. The minimum atomic E-state index is 0.155. The summed E-state index contributed by atoms with van der Waals surface area (Å²) in [7, 11) is 1.52. The number of ketones is 1. The lowest BCUT2D eigenvalue weighted by Gasteiger charge is -1.89. The molecule has 0 aliphatic carbocycles. The number of ether oxygens (including phenoxy) is 1. The molecule has 0 rings (SSSR count). The average molecular weight is 146 g/mol. The third-order valence-corrected chi connectivity index (χ3v) is 0.700. The van der Waals surface area contributed by atoms with E-state index in [1.54, 1.807) is 0 Å². The summed E-state index contributed by atoms with van der Waals surface area (Å²) >= 11 is 0. The molecule has 3 heteroatoms. The fraction of sp³-hybridized carbons (Fsp3) is 0.714. The lowest BCUT2D eigenvalue weighted by Crippen LogP contribution is -2.03. The van der Waals surface area contributed by atoms with E-state index in [0.29, 0.717) is 6.42 Å². The summed E-state index contributed by atoms with van der Waals surface area (Å²) in [5.74, 6) is 0.155. The molecule has 0 bridgehead atoms. The standard InChI is InChI=1S/C5H10O2.C2H4O/c1-3-5(6)4-7-2;1-2-3/h3-4H2,1-2H3;2H,1H3. The first-order valence-electron chi connectivity index (χ1n) is 3.13. The molecule has 0 amide bonds. The van der Waals surface area contributed by atoms with Crippen molar-refractivity contribution >= 4 is 12.1 Å². The van der Waals surface area contributed by atoms with Crippen LogP contribution in [0.4, 0.5) is 0 Å². The highest BCUT2D eigenvalue weighted by atomic mass is 16.5. The minimum Gasteiger partial charge on any atom is -0.377 e. The molecule has 0 heterocycles. The molecule has 0 aromatic rings. The average Bonchev–Trinajstić information content (AvgIpc) is 1.90. The van der Waals surface area contributed by atoms with E-state index in [-0.39, 0.29) is 12.4 Å². The number of Topliss-reactive ketones (excluding diaryl/α,β-unsaturated/α-hetero) is 1. The maximum atomic E-state index is 10.3. The molecule has 10 heavy (non-hydrogen) atoms. The highest BCUT2D eigenvalue weighted by Gasteiger charge is 1.91. The maximum Gasteiger partial charge on any atom is 0.158 e. The van der Waals surface area contributed by atoms with Gasteiger partial charge in [-0.05, 0) is 6.92 Å². The molecule has 0 aliphatic heterocycles. The van der Waals surface area contributed by atoms with Gasteiger partial charge in [0.2, 0.25) is 0 Å². The molecule has 0 aromatic carbocycles. The van der Waals surface area contributed by atoms with Crippen molar-refractivity contribution in [3.05, 3.63) is 0 Å². The second-order valence-corrected chi connectivity index (χ2v) is 1.56. The van der Waals surface area contributed by atoms with Crippen molar-refractivity contribution in [3.8, 4) is 0 Å². The van der Waals surface area contributed by atoms with Gasteiger partial charge in [-0.1, -0.05) is 6.92 Å². The molecule has 0 aromatic heterocycles. The summed E-state index contributed by atoms with van der Waals surface area (Å²) in [5.41, 5.74) is 0. The lowest BCUT2D eigenvalue weighted by atomic mass is 10.3. The quantitative estimate of drug-likeness (QED) is 0.553. The van der Waals surface area contributed by atoms with E-state index in [1.165, 1.54) is 14.0 Å². The molecule has 0 fully saturated rings. The van der Waals surface area contributed by atoms with Crippen molar-refractivity contribution in [1.29, 1.82) is 0 Å². The van der Waals surface area contributed by atoms with Crippen LogP contribution in [0.2, 0.25) is 0 Å². The van der Waals surface area contributed by atoms with Crippen LogP contribution < -0.4 is 0 Å². The second-order valence-electron chi connectivity index (χ2n) is 1.56. The Morgan fingerprint density at radius 1 is 1.60 bits per heavy atom. The Morgan fingerprint density at radius 3 is 2.10 bits per heavy atom. The van der Waals surface area contributed by atoms with Gasteiger partial charge >= 0.3 is 0 Å². The van der Waals surface area contributed by atoms with Crippen LogP contribution >= 0.6 is 0 Å². The van der Waals surface area contributed by atoms with Crippen LogP contribution in [-0.4, -0.2) is 25.8 Å². The van der Waals surface area contributed by atoms with Crippen molar-refractivity contribution in [3.63, 3.8) is 0 Å². The zero-order valence-electron chi connectivity index (χ0n) is 6.72. The number of aldehydes is 1. The zero-order chi connectivity index (χ0) is 8.41. The second kappa shape index (κ2) is 11.1. The number of hydrogen-bond donors (Lipinski definition) is 0. The highest BCUT2D eigenvalue weighted by Crippen LogP contribution is 1.78. The number of hydrogen-bond acceptors (Lipinski definition) is 3. The van der Waals surface area contributed by atoms with E-state index >= 15 is 0 Å². The topological polar surface area (TPSA) is 43.4 Å². The van der Waals surface area contributed by atoms with Gasteiger partial charge in [-0.3, -0.25) is 4.79 Å². The normalized spacial score (nSPS) is 7.50. The number of carbonyl (C=O) groups excluding carboxylic acids is 2. The molecule has 3 nitrogen and oxygen atoms in total. The molecular weight excluding hydrogens is 132 g/mol. The van der Waals surface area contributed by atoms with Crippen LogP contribution in [-0.2, 0) is 14.3 Å². The van der Waals surface area contributed by atoms with Crippen molar-refractivity contribution in [1.82, 2.24) is 0 Å². The van der Waals surface area contributed by atoms with E-state index in [1.807, 2.05) is 6.92 Å². The third kappa shape index (κ3) is 15.7. The van der Waals surface area contributed by atoms with Crippen LogP contribution in [0.25, 0.3) is 0 Å². The summed E-state index contributed by atoms with van der Waals surface area (Å²) < 4.78 is 4.54. The molecule has 0 saturated heterocycles. The molecule has 60 valence electrons. The molecule has 0 radical (unpaired) electrons. The summed E-state index contributed by atoms with van der Waals surface area (Å²) in [4.78, 5) is 19.1. The molecule has 0 unspecified atom stereocenters. The monoisotopic (exact) mass is 146 g/mol. The van der Waals surface area contributed by atoms with Crippen LogP contribution in [0.15, 0.2) is 0 Å². The van der Waals surface area contributed by atoms with E-state index in [2.05, 4.69) is 4.74 Å². The Labute approximate surface area is 61.4 Å². The van der Waals surface area contributed by atoms with Gasteiger partial charge in [0.05, 0.1) is 0 Å². The number of rotatable bonds is 3. The maximum absolute atomic E-state index is 10.3. The van der Waals surface area contributed by atoms with Crippen LogP contribution in [0.3, 0.4) is 0 Å². The molecule has 0 aliphatic rings. The van der Waals surface area contributed by atoms with Crippen molar-refractivity contribution < 1.29 is 14.3 Å². The lowest BCUT2D eigenvalue weighted by molar-refractivity contribution is -0.122. The molecular formula is C7H14O3. The van der Waals surface area contributed by atoms with E-state index in [4.69, 9.17) is 4.79 Å². The predicted octanol–water partition coefficient (Wildman–Crippen LogP) is 0.817. The first-order valence-corrected chi connectivity index (χ1v) is 3.13. The largest absolute Gasteiger partial charge is 0.377 e. The van der Waals surface area contributed by atoms with E-state index in [0.717, 1.165) is 6.29 Å². The molecule has 0 spiro atoms. The zero-order valence-corrected chi connectivity index (χ0v) is 6.72. The van der Waals surface area contributed by atoms with Crippen LogP contribution in [0.5, 0.6) is 0 Å². The summed E-state index contributed by atoms with van der Waals surface area (Å²) in [5, 5.41) is 0. The third-order valence-electron chi connectivity index (χ3n) is 0.700. The van der Waals surface area contributed by atoms with Gasteiger partial charge in [-0.15, -0.1) is 0 Å². The van der Waals surface area contributed by atoms with Gasteiger partial charge in [-0.2, -0.15) is 0 Å². The Hall–Kier alpha value is -0.700. The molecule has 0 N–H and O–H groups in total. The van der Waals surface area contributed by atoms with E-state index in [9.17, 15) is 4.79 Å². The van der Waals surface area contributed by atoms with Gasteiger partial charge in [0.25, 0.3) is 0 Å². The van der Waals surface area contributed by atoms with Gasteiger partial charge in [0, 0.05) is 13.5 Å². The molecule has 0 saturated carbocycles. The summed E-state index contributed by atoms with van der Waals surface area (Å²) in [6, 6.07) is 0. The van der Waals surface area contributed by atoms with Gasteiger partial charge in [0.15, 0.2) is 5.78 Å². The summed E-state index contributed by atoms with van der Waals surface area (Å²) in [6.07, 6.45) is 1.33. The number of methoxy groups -OCH3 is 1. The Balaban J connectivity index is 0. The predicted molar refractivity (Wildman–Crippen MR) is 38.9 cm³/mol. The van der Waals surface area contributed by atoms with Gasteiger partial charge in [-0.25, -0.2) is 0 Å². The summed E-state index contributed by atoms with van der Waals surface area (Å²) in [6.45, 7) is 3.53. The Kier molecular flexibility index (Phi) is 13.4. The highest BCUT2D eigenvalue weighted by molar-refractivity contribution is 5.79. The van der Waals surface area contributed by atoms with Crippen LogP contribution in [0.1, 0.15) is 20.3 Å². The van der Waals surface area contributed by atoms with Gasteiger partial charge < -0.3 is 9.53 Å². The van der Waals surface area contributed by atoms with E-state index < -0.39 is 0 Å². The first kappa shape index (κ1) is 12.0. The van der Waals surface area contributed by atoms with Crippen LogP contribution in [0, 0.1) is 0 Å². The van der Waals surface area contributed by atoms with Crippen molar-refractivity contribution in [2.45, 2.75) is 20.3 Å². The number of carbonyl (C=O) groups is 2. The fourth-order valence-electron chi connectivity index (χ4n) is 0.263. The molecule has 0 atom stereocenters. The SMILES string of the molecule is CC=O.CCC(=O)COC. The smallest absolute Gasteiger partial charge is 0.158 e. The van der Waals surface area contributed by atoms with Crippen molar-refractivity contribution in [2.24, 2.45) is 0 Å². The van der Waals surface area contributed by atoms with Gasteiger partial charge in [0.1, 0.15) is 12.9 Å². The van der Waals surface area contributed by atoms with Crippen molar-refractivity contribution in [2.75, 3.05) is 13.7 Å². The Bertz CT molecular complexity index is 88.9. The first-order chi connectivity index (χ1) is 4.72. The fourth-order valence-corrected chi connectivity index (χ4v) is 0.263. The minimum absolute atomic E-state index is 0.155.